The molecule has 0 aliphatic carbocycles. The maximum Gasteiger partial charge on any atom is 0.253 e. The van der Waals surface area contributed by atoms with Gasteiger partial charge in [-0.3, -0.25) is 19.4 Å². The number of benzene rings is 2. The number of rotatable bonds is 9. The van der Waals surface area contributed by atoms with Gasteiger partial charge in [0.2, 0.25) is 5.91 Å². The van der Waals surface area contributed by atoms with E-state index in [0.717, 1.165) is 70.3 Å². The predicted molar refractivity (Wildman–Crippen MR) is 134 cm³/mol. The SMILES string of the molecule is O=C(CN1CCC(CCN2CCOCC2)CC1)Nc1ccccc1C(=O)NCc1ccccc1. The number of carbonyl (C=O) groups is 2. The Balaban J connectivity index is 1.21. The lowest BCUT2D eigenvalue weighted by Gasteiger charge is -2.33. The van der Waals surface area contributed by atoms with Gasteiger partial charge in [-0.25, -0.2) is 0 Å². The number of carbonyl (C=O) groups excluding carboxylic acids is 2. The number of likely N-dealkylation sites (tertiary alicyclic amines) is 1. The summed E-state index contributed by atoms with van der Waals surface area (Å²) < 4.78 is 5.43. The average Bonchev–Trinajstić information content (AvgIpc) is 2.88. The molecule has 2 heterocycles. The van der Waals surface area contributed by atoms with Crippen LogP contribution in [-0.4, -0.2) is 74.1 Å². The lowest BCUT2D eigenvalue weighted by atomic mass is 9.93. The topological polar surface area (TPSA) is 73.9 Å². The highest BCUT2D eigenvalue weighted by Crippen LogP contribution is 2.21. The summed E-state index contributed by atoms with van der Waals surface area (Å²) >= 11 is 0. The predicted octanol–water partition coefficient (Wildman–Crippen LogP) is 2.99. The van der Waals surface area contributed by atoms with Crippen LogP contribution in [0, 0.1) is 5.92 Å². The van der Waals surface area contributed by atoms with E-state index in [1.807, 2.05) is 42.5 Å². The molecule has 0 radical (unpaired) electrons. The first-order valence-electron chi connectivity index (χ1n) is 12.4. The minimum Gasteiger partial charge on any atom is -0.379 e. The number of morpholine rings is 1. The quantitative estimate of drug-likeness (QED) is 0.597. The van der Waals surface area contributed by atoms with Crippen molar-refractivity contribution in [3.63, 3.8) is 0 Å². The van der Waals surface area contributed by atoms with Crippen LogP contribution in [0.4, 0.5) is 5.69 Å². The zero-order chi connectivity index (χ0) is 23.6. The molecule has 2 amide bonds. The Morgan fingerprint density at radius 2 is 1.59 bits per heavy atom. The number of hydrogen-bond acceptors (Lipinski definition) is 5. The summed E-state index contributed by atoms with van der Waals surface area (Å²) in [6.07, 6.45) is 3.50. The molecule has 2 N–H and O–H groups in total. The van der Waals surface area contributed by atoms with Crippen LogP contribution < -0.4 is 10.6 Å². The van der Waals surface area contributed by atoms with Gasteiger partial charge in [-0.15, -0.1) is 0 Å². The van der Waals surface area contributed by atoms with Gasteiger partial charge in [-0.05, 0) is 62.5 Å². The van der Waals surface area contributed by atoms with E-state index < -0.39 is 0 Å². The van der Waals surface area contributed by atoms with Crippen molar-refractivity contribution in [1.82, 2.24) is 15.1 Å². The maximum atomic E-state index is 12.7. The summed E-state index contributed by atoms with van der Waals surface area (Å²) in [5.74, 6) is 0.465. The van der Waals surface area contributed by atoms with Gasteiger partial charge in [0, 0.05) is 19.6 Å². The molecule has 4 rings (SSSR count). The van der Waals surface area contributed by atoms with Crippen LogP contribution in [0.5, 0.6) is 0 Å². The highest BCUT2D eigenvalue weighted by atomic mass is 16.5. The minimum absolute atomic E-state index is 0.0740. The van der Waals surface area contributed by atoms with Gasteiger partial charge in [0.15, 0.2) is 0 Å². The second kappa shape index (κ2) is 12.6. The third kappa shape index (κ3) is 7.38. The van der Waals surface area contributed by atoms with Crippen LogP contribution in [0.3, 0.4) is 0 Å². The van der Waals surface area contributed by atoms with E-state index in [1.165, 1.54) is 6.42 Å². The van der Waals surface area contributed by atoms with E-state index >= 15 is 0 Å². The Hall–Kier alpha value is -2.74. The van der Waals surface area contributed by atoms with Gasteiger partial charge in [0.1, 0.15) is 0 Å². The minimum atomic E-state index is -0.194. The fraction of sp³-hybridized carbons (Fsp3) is 0.481. The molecule has 0 atom stereocenters. The van der Waals surface area contributed by atoms with Crippen molar-refractivity contribution in [2.24, 2.45) is 5.92 Å². The highest BCUT2D eigenvalue weighted by Gasteiger charge is 2.22. The summed E-state index contributed by atoms with van der Waals surface area (Å²) in [4.78, 5) is 30.2. The van der Waals surface area contributed by atoms with Crippen molar-refractivity contribution < 1.29 is 14.3 Å². The van der Waals surface area contributed by atoms with E-state index in [2.05, 4.69) is 20.4 Å². The largest absolute Gasteiger partial charge is 0.379 e. The average molecular weight is 465 g/mol. The number of para-hydroxylation sites is 1. The molecule has 2 saturated heterocycles. The molecule has 182 valence electrons. The fourth-order valence-corrected chi connectivity index (χ4v) is 4.68. The van der Waals surface area contributed by atoms with E-state index in [4.69, 9.17) is 4.74 Å². The zero-order valence-corrected chi connectivity index (χ0v) is 19.9. The Bertz CT molecular complexity index is 922. The molecule has 0 bridgehead atoms. The Morgan fingerprint density at radius 3 is 2.35 bits per heavy atom. The van der Waals surface area contributed by atoms with Gasteiger partial charge < -0.3 is 15.4 Å². The van der Waals surface area contributed by atoms with E-state index in [-0.39, 0.29) is 11.8 Å². The number of hydrogen-bond donors (Lipinski definition) is 2. The summed E-state index contributed by atoms with van der Waals surface area (Å²) in [5, 5.41) is 5.90. The molecule has 2 aliphatic rings. The second-order valence-corrected chi connectivity index (χ2v) is 9.22. The van der Waals surface area contributed by atoms with Crippen LogP contribution in [0.2, 0.25) is 0 Å². The molecule has 34 heavy (non-hydrogen) atoms. The monoisotopic (exact) mass is 464 g/mol. The van der Waals surface area contributed by atoms with E-state index in [9.17, 15) is 9.59 Å². The summed E-state index contributed by atoms with van der Waals surface area (Å²) in [5.41, 5.74) is 2.07. The molecular formula is C27H36N4O3. The molecule has 0 aromatic heterocycles. The Morgan fingerprint density at radius 1 is 0.882 bits per heavy atom. The maximum absolute atomic E-state index is 12.7. The van der Waals surface area contributed by atoms with Crippen molar-refractivity contribution in [2.45, 2.75) is 25.8 Å². The van der Waals surface area contributed by atoms with Gasteiger partial charge in [0.05, 0.1) is 31.0 Å². The van der Waals surface area contributed by atoms with Crippen molar-refractivity contribution in [3.05, 3.63) is 65.7 Å². The van der Waals surface area contributed by atoms with Crippen molar-refractivity contribution in [3.8, 4) is 0 Å². The third-order valence-electron chi connectivity index (χ3n) is 6.77. The smallest absolute Gasteiger partial charge is 0.253 e. The molecule has 0 unspecified atom stereocenters. The molecular weight excluding hydrogens is 428 g/mol. The number of nitrogens with one attached hydrogen (secondary N) is 2. The standard InChI is InChI=1S/C27H36N4O3/c32-26(21-31-14-11-22(12-15-31)10-13-30-16-18-34-19-17-30)29-25-9-5-4-8-24(25)27(33)28-20-23-6-2-1-3-7-23/h1-9,22H,10-21H2,(H,28,33)(H,29,32). The Labute approximate surface area is 202 Å². The molecule has 2 aliphatic heterocycles. The van der Waals surface area contributed by atoms with Crippen LogP contribution >= 0.6 is 0 Å². The van der Waals surface area contributed by atoms with Crippen molar-refractivity contribution in [1.29, 1.82) is 0 Å². The normalized spacial score (nSPS) is 17.9. The van der Waals surface area contributed by atoms with Crippen molar-refractivity contribution in [2.75, 3.05) is 57.8 Å². The molecule has 2 aromatic rings. The Kier molecular flexibility index (Phi) is 9.07. The van der Waals surface area contributed by atoms with Gasteiger partial charge in [0.25, 0.3) is 5.91 Å². The lowest BCUT2D eigenvalue weighted by molar-refractivity contribution is -0.117. The van der Waals surface area contributed by atoms with E-state index in [0.29, 0.717) is 24.3 Å². The zero-order valence-electron chi connectivity index (χ0n) is 19.9. The van der Waals surface area contributed by atoms with Gasteiger partial charge in [-0.1, -0.05) is 42.5 Å². The van der Waals surface area contributed by atoms with Crippen LogP contribution in [0.15, 0.2) is 54.6 Å². The first-order chi connectivity index (χ1) is 16.7. The molecule has 0 saturated carbocycles. The molecule has 7 heteroatoms. The summed E-state index contributed by atoms with van der Waals surface area (Å²) in [7, 11) is 0. The molecule has 0 spiro atoms. The first-order valence-corrected chi connectivity index (χ1v) is 12.4. The molecule has 7 nitrogen and oxygen atoms in total. The third-order valence-corrected chi connectivity index (χ3v) is 6.77. The molecule has 2 aromatic carbocycles. The first kappa shape index (κ1) is 24.4. The van der Waals surface area contributed by atoms with E-state index in [1.54, 1.807) is 12.1 Å². The number of piperidine rings is 1. The molecule has 2 fully saturated rings. The van der Waals surface area contributed by atoms with Crippen molar-refractivity contribution >= 4 is 17.5 Å². The van der Waals surface area contributed by atoms with Gasteiger partial charge in [-0.2, -0.15) is 0 Å². The number of ether oxygens (including phenoxy) is 1. The van der Waals surface area contributed by atoms with Crippen LogP contribution in [-0.2, 0) is 16.1 Å². The number of nitrogens with zero attached hydrogens (tertiary/aromatic N) is 2. The van der Waals surface area contributed by atoms with Gasteiger partial charge >= 0.3 is 0 Å². The van der Waals surface area contributed by atoms with Crippen LogP contribution in [0.25, 0.3) is 0 Å². The second-order valence-electron chi connectivity index (χ2n) is 9.22. The van der Waals surface area contributed by atoms with Crippen LogP contribution in [0.1, 0.15) is 35.2 Å². The number of amides is 2. The summed E-state index contributed by atoms with van der Waals surface area (Å²) in [6, 6.07) is 17.0. The lowest BCUT2D eigenvalue weighted by Crippen LogP contribution is -2.41. The number of anilines is 1. The highest BCUT2D eigenvalue weighted by molar-refractivity contribution is 6.04. The summed E-state index contributed by atoms with van der Waals surface area (Å²) in [6.45, 7) is 7.64. The fourth-order valence-electron chi connectivity index (χ4n) is 4.68.